The van der Waals surface area contributed by atoms with E-state index in [0.717, 1.165) is 5.56 Å². The molecule has 1 saturated heterocycles. The van der Waals surface area contributed by atoms with E-state index in [4.69, 9.17) is 4.74 Å². The van der Waals surface area contributed by atoms with Crippen molar-refractivity contribution in [2.75, 3.05) is 13.2 Å². The van der Waals surface area contributed by atoms with Crippen LogP contribution in [0.15, 0.2) is 24.3 Å². The van der Waals surface area contributed by atoms with Gasteiger partial charge in [0.15, 0.2) is 0 Å². The lowest BCUT2D eigenvalue weighted by atomic mass is 9.94. The molecular formula is C11H14O3. The first-order valence-electron chi connectivity index (χ1n) is 4.76. The highest BCUT2D eigenvalue weighted by atomic mass is 16.5. The average Bonchev–Trinajstić information content (AvgIpc) is 2.51. The molecule has 3 heteroatoms. The molecule has 1 unspecified atom stereocenters. The molecule has 3 nitrogen and oxygen atoms in total. The van der Waals surface area contributed by atoms with Crippen LogP contribution in [0.25, 0.3) is 0 Å². The van der Waals surface area contributed by atoms with Gasteiger partial charge in [0.2, 0.25) is 0 Å². The largest absolute Gasteiger partial charge is 0.508 e. The van der Waals surface area contributed by atoms with Crippen LogP contribution in [-0.2, 0) is 11.2 Å². The summed E-state index contributed by atoms with van der Waals surface area (Å²) < 4.78 is 5.15. The summed E-state index contributed by atoms with van der Waals surface area (Å²) in [5.41, 5.74) is 0.200. The molecule has 2 rings (SSSR count). The zero-order valence-corrected chi connectivity index (χ0v) is 7.94. The normalized spacial score (nSPS) is 26.6. The van der Waals surface area contributed by atoms with E-state index in [9.17, 15) is 10.2 Å². The number of benzene rings is 1. The van der Waals surface area contributed by atoms with Gasteiger partial charge >= 0.3 is 0 Å². The van der Waals surface area contributed by atoms with Gasteiger partial charge in [-0.2, -0.15) is 0 Å². The first-order valence-corrected chi connectivity index (χ1v) is 4.76. The summed E-state index contributed by atoms with van der Waals surface area (Å²) in [5, 5.41) is 19.3. The predicted octanol–water partition coefficient (Wildman–Crippen LogP) is 1.09. The lowest BCUT2D eigenvalue weighted by Gasteiger charge is -2.20. The second kappa shape index (κ2) is 3.59. The zero-order chi connectivity index (χ0) is 10.0. The van der Waals surface area contributed by atoms with Crippen molar-refractivity contribution >= 4 is 0 Å². The number of rotatable bonds is 2. The second-order valence-corrected chi connectivity index (χ2v) is 3.87. The number of phenols is 1. The predicted molar refractivity (Wildman–Crippen MR) is 52.2 cm³/mol. The first-order chi connectivity index (χ1) is 6.68. The molecule has 1 atom stereocenters. The van der Waals surface area contributed by atoms with Crippen LogP contribution in [0.1, 0.15) is 12.0 Å². The van der Waals surface area contributed by atoms with Crippen molar-refractivity contribution in [1.29, 1.82) is 0 Å². The second-order valence-electron chi connectivity index (χ2n) is 3.87. The Bertz CT molecular complexity index is 316. The summed E-state index contributed by atoms with van der Waals surface area (Å²) in [6, 6.07) is 6.98. The van der Waals surface area contributed by atoms with Crippen molar-refractivity contribution < 1.29 is 14.9 Å². The van der Waals surface area contributed by atoms with Crippen molar-refractivity contribution in [3.63, 3.8) is 0 Å². The van der Waals surface area contributed by atoms with Crippen LogP contribution in [-0.4, -0.2) is 29.0 Å². The standard InChI is InChI=1S/C11H14O3/c12-10-3-1-2-9(6-10)7-11(13)4-5-14-8-11/h1-3,6,12-13H,4-5,7-8H2. The summed E-state index contributed by atoms with van der Waals surface area (Å²) in [5.74, 6) is 0.241. The Morgan fingerprint density at radius 3 is 2.93 bits per heavy atom. The third-order valence-corrected chi connectivity index (χ3v) is 2.53. The maximum atomic E-state index is 10.0. The summed E-state index contributed by atoms with van der Waals surface area (Å²) >= 11 is 0. The van der Waals surface area contributed by atoms with Crippen LogP contribution < -0.4 is 0 Å². The van der Waals surface area contributed by atoms with E-state index < -0.39 is 5.60 Å². The van der Waals surface area contributed by atoms with Gasteiger partial charge in [0.1, 0.15) is 5.75 Å². The molecule has 1 aliphatic heterocycles. The van der Waals surface area contributed by atoms with Gasteiger partial charge in [0.05, 0.1) is 12.2 Å². The summed E-state index contributed by atoms with van der Waals surface area (Å²) in [4.78, 5) is 0. The summed E-state index contributed by atoms with van der Waals surface area (Å²) in [7, 11) is 0. The highest BCUT2D eigenvalue weighted by Gasteiger charge is 2.32. The molecule has 0 amide bonds. The van der Waals surface area contributed by atoms with Crippen molar-refractivity contribution in [2.45, 2.75) is 18.4 Å². The van der Waals surface area contributed by atoms with E-state index in [1.54, 1.807) is 18.2 Å². The van der Waals surface area contributed by atoms with E-state index in [0.29, 0.717) is 26.1 Å². The summed E-state index contributed by atoms with van der Waals surface area (Å²) in [6.07, 6.45) is 1.21. The Morgan fingerprint density at radius 1 is 1.43 bits per heavy atom. The Kier molecular flexibility index (Phi) is 2.44. The lowest BCUT2D eigenvalue weighted by molar-refractivity contribution is 0.0270. The molecule has 0 radical (unpaired) electrons. The number of hydrogen-bond donors (Lipinski definition) is 2. The molecule has 0 aromatic heterocycles. The van der Waals surface area contributed by atoms with Crippen LogP contribution in [0, 0.1) is 0 Å². The molecule has 0 spiro atoms. The molecule has 14 heavy (non-hydrogen) atoms. The number of phenolic OH excluding ortho intramolecular Hbond substituents is 1. The Hall–Kier alpha value is -1.06. The third kappa shape index (κ3) is 2.05. The van der Waals surface area contributed by atoms with Gasteiger partial charge in [0.25, 0.3) is 0 Å². The van der Waals surface area contributed by atoms with Crippen LogP contribution in [0.3, 0.4) is 0 Å². The van der Waals surface area contributed by atoms with Gasteiger partial charge in [-0.3, -0.25) is 0 Å². The monoisotopic (exact) mass is 194 g/mol. The zero-order valence-electron chi connectivity index (χ0n) is 7.94. The molecule has 0 bridgehead atoms. The van der Waals surface area contributed by atoms with Crippen LogP contribution in [0.5, 0.6) is 5.75 Å². The third-order valence-electron chi connectivity index (χ3n) is 2.53. The van der Waals surface area contributed by atoms with E-state index in [1.807, 2.05) is 6.07 Å². The van der Waals surface area contributed by atoms with Gasteiger partial charge < -0.3 is 14.9 Å². The maximum absolute atomic E-state index is 10.0. The fourth-order valence-corrected chi connectivity index (χ4v) is 1.78. The molecule has 0 aliphatic carbocycles. The van der Waals surface area contributed by atoms with Gasteiger partial charge in [0, 0.05) is 19.4 Å². The van der Waals surface area contributed by atoms with Crippen LogP contribution >= 0.6 is 0 Å². The van der Waals surface area contributed by atoms with Gasteiger partial charge in [-0.05, 0) is 17.7 Å². The quantitative estimate of drug-likeness (QED) is 0.740. The fraction of sp³-hybridized carbons (Fsp3) is 0.455. The Morgan fingerprint density at radius 2 is 2.29 bits per heavy atom. The smallest absolute Gasteiger partial charge is 0.115 e. The SMILES string of the molecule is Oc1cccc(CC2(O)CCOC2)c1. The van der Waals surface area contributed by atoms with Crippen molar-refractivity contribution in [3.8, 4) is 5.75 Å². The highest BCUT2D eigenvalue weighted by Crippen LogP contribution is 2.24. The molecule has 0 saturated carbocycles. The van der Waals surface area contributed by atoms with Crippen LogP contribution in [0.4, 0.5) is 0 Å². The molecule has 1 aromatic rings. The first kappa shape index (κ1) is 9.49. The Labute approximate surface area is 83.0 Å². The van der Waals surface area contributed by atoms with Crippen molar-refractivity contribution in [2.24, 2.45) is 0 Å². The lowest BCUT2D eigenvalue weighted by Crippen LogP contribution is -2.31. The highest BCUT2D eigenvalue weighted by molar-refractivity contribution is 5.28. The van der Waals surface area contributed by atoms with Gasteiger partial charge in [-0.15, -0.1) is 0 Å². The van der Waals surface area contributed by atoms with Crippen LogP contribution in [0.2, 0.25) is 0 Å². The number of aromatic hydroxyl groups is 1. The fourth-order valence-electron chi connectivity index (χ4n) is 1.78. The summed E-state index contributed by atoms with van der Waals surface area (Å²) in [6.45, 7) is 1.01. The Balaban J connectivity index is 2.10. The van der Waals surface area contributed by atoms with E-state index in [2.05, 4.69) is 0 Å². The molecule has 1 fully saturated rings. The minimum Gasteiger partial charge on any atom is -0.508 e. The van der Waals surface area contributed by atoms with E-state index >= 15 is 0 Å². The van der Waals surface area contributed by atoms with Crippen molar-refractivity contribution in [3.05, 3.63) is 29.8 Å². The van der Waals surface area contributed by atoms with E-state index in [-0.39, 0.29) is 5.75 Å². The number of aliphatic hydroxyl groups is 1. The van der Waals surface area contributed by atoms with Gasteiger partial charge in [-0.1, -0.05) is 12.1 Å². The maximum Gasteiger partial charge on any atom is 0.115 e. The molecule has 1 aliphatic rings. The average molecular weight is 194 g/mol. The topological polar surface area (TPSA) is 49.7 Å². The molecule has 76 valence electrons. The number of hydrogen-bond acceptors (Lipinski definition) is 3. The number of ether oxygens (including phenoxy) is 1. The minimum absolute atomic E-state index is 0.241. The molecule has 1 aromatic carbocycles. The molecule has 2 N–H and O–H groups in total. The molecular weight excluding hydrogens is 180 g/mol. The van der Waals surface area contributed by atoms with E-state index in [1.165, 1.54) is 0 Å². The minimum atomic E-state index is -0.742. The van der Waals surface area contributed by atoms with Gasteiger partial charge in [-0.25, -0.2) is 0 Å². The molecule has 1 heterocycles. The van der Waals surface area contributed by atoms with Crippen molar-refractivity contribution in [1.82, 2.24) is 0 Å².